The third kappa shape index (κ3) is 4.27. The lowest BCUT2D eigenvalue weighted by Gasteiger charge is -2.33. The van der Waals surface area contributed by atoms with E-state index in [-0.39, 0.29) is 23.7 Å². The third-order valence-corrected chi connectivity index (χ3v) is 7.14. The number of halogens is 1. The number of imidazole rings is 1. The molecule has 2 heterocycles. The van der Waals surface area contributed by atoms with Crippen molar-refractivity contribution in [2.45, 2.75) is 76.3 Å². The van der Waals surface area contributed by atoms with Crippen molar-refractivity contribution in [3.63, 3.8) is 0 Å². The molecule has 2 aliphatic carbocycles. The molecule has 0 spiro atoms. The van der Waals surface area contributed by atoms with Crippen LogP contribution in [0.15, 0.2) is 42.6 Å². The predicted molar refractivity (Wildman–Crippen MR) is 124 cm³/mol. The Morgan fingerprint density at radius 1 is 1.00 bits per heavy atom. The summed E-state index contributed by atoms with van der Waals surface area (Å²) in [5.74, 6) is 0.571. The van der Waals surface area contributed by atoms with Gasteiger partial charge in [-0.25, -0.2) is 9.37 Å². The van der Waals surface area contributed by atoms with Crippen LogP contribution >= 0.6 is 0 Å². The monoisotopic (exact) mass is 434 g/mol. The Morgan fingerprint density at radius 3 is 2.47 bits per heavy atom. The Morgan fingerprint density at radius 2 is 1.75 bits per heavy atom. The Balaban J connectivity index is 1.63. The Bertz CT molecular complexity index is 1070. The van der Waals surface area contributed by atoms with Crippen molar-refractivity contribution in [1.29, 1.82) is 0 Å². The lowest BCUT2D eigenvalue weighted by molar-refractivity contribution is -0.127. The van der Waals surface area contributed by atoms with Gasteiger partial charge in [-0.1, -0.05) is 44.6 Å². The summed E-state index contributed by atoms with van der Waals surface area (Å²) < 4.78 is 16.3. The highest BCUT2D eigenvalue weighted by atomic mass is 19.1. The molecule has 1 unspecified atom stereocenters. The molecule has 3 aromatic rings. The van der Waals surface area contributed by atoms with Gasteiger partial charge in [0.25, 0.3) is 0 Å². The van der Waals surface area contributed by atoms with Crippen molar-refractivity contribution in [1.82, 2.24) is 19.9 Å². The number of nitrogens with one attached hydrogen (secondary N) is 1. The topological polar surface area (TPSA) is 59.8 Å². The van der Waals surface area contributed by atoms with Gasteiger partial charge in [-0.05, 0) is 61.9 Å². The van der Waals surface area contributed by atoms with Gasteiger partial charge in [0.2, 0.25) is 5.91 Å². The molecule has 1 N–H and O–H groups in total. The number of rotatable bonds is 5. The summed E-state index contributed by atoms with van der Waals surface area (Å²) in [6.07, 6.45) is 12.8. The van der Waals surface area contributed by atoms with Gasteiger partial charge < -0.3 is 9.88 Å². The van der Waals surface area contributed by atoms with Gasteiger partial charge in [-0.3, -0.25) is 9.78 Å². The third-order valence-electron chi connectivity index (χ3n) is 7.14. The number of benzene rings is 1. The maximum absolute atomic E-state index is 14.4. The molecule has 2 aliphatic rings. The second-order valence-electron chi connectivity index (χ2n) is 9.34. The van der Waals surface area contributed by atoms with E-state index in [9.17, 15) is 9.18 Å². The van der Waals surface area contributed by atoms with Crippen LogP contribution in [0, 0.1) is 11.7 Å². The predicted octanol–water partition coefficient (Wildman–Crippen LogP) is 5.81. The van der Waals surface area contributed by atoms with Gasteiger partial charge in [0.1, 0.15) is 17.6 Å². The second kappa shape index (κ2) is 9.39. The summed E-state index contributed by atoms with van der Waals surface area (Å²) in [4.78, 5) is 23.2. The first kappa shape index (κ1) is 21.1. The highest BCUT2D eigenvalue weighted by Gasteiger charge is 2.35. The lowest BCUT2D eigenvalue weighted by Crippen LogP contribution is -2.43. The van der Waals surface area contributed by atoms with Crippen LogP contribution in [0.25, 0.3) is 22.6 Å². The number of hydrogen-bond donors (Lipinski definition) is 1. The zero-order valence-electron chi connectivity index (χ0n) is 18.5. The van der Waals surface area contributed by atoms with Gasteiger partial charge in [0, 0.05) is 12.2 Å². The minimum absolute atomic E-state index is 0.0459. The molecule has 6 heteroatoms. The Labute approximate surface area is 188 Å². The number of hydrogen-bond acceptors (Lipinski definition) is 3. The average Bonchev–Trinajstić information content (AvgIpc) is 3.19. The molecule has 1 aromatic carbocycles. The van der Waals surface area contributed by atoms with Crippen LogP contribution in [0.4, 0.5) is 4.39 Å². The van der Waals surface area contributed by atoms with Crippen LogP contribution in [-0.4, -0.2) is 26.5 Å². The minimum Gasteiger partial charge on any atom is -0.352 e. The minimum atomic E-state index is -0.416. The largest absolute Gasteiger partial charge is 0.352 e. The summed E-state index contributed by atoms with van der Waals surface area (Å²) in [5, 5.41) is 3.36. The SMILES string of the molecule is O=C(NC1CCCCC1)C(C1CCCCC1)n1c(-c2ccccn2)nc2ccc(F)cc21. The lowest BCUT2D eigenvalue weighted by atomic mass is 9.82. The van der Waals surface area contributed by atoms with Crippen molar-refractivity contribution in [2.24, 2.45) is 5.92 Å². The standard InChI is InChI=1S/C26H31FN4O/c27-19-14-15-21-23(17-19)31(25(30-21)22-13-7-8-16-28-22)24(18-9-3-1-4-10-18)26(32)29-20-11-5-2-6-12-20/h7-8,13-18,20,24H,1-6,9-12H2,(H,29,32). The summed E-state index contributed by atoms with van der Waals surface area (Å²) in [7, 11) is 0. The first-order chi connectivity index (χ1) is 15.7. The molecule has 0 aliphatic heterocycles. The molecule has 0 saturated heterocycles. The van der Waals surface area contributed by atoms with Crippen LogP contribution in [0.5, 0.6) is 0 Å². The molecular weight excluding hydrogens is 403 g/mol. The molecule has 0 bridgehead atoms. The molecule has 1 atom stereocenters. The number of amides is 1. The number of nitrogens with zero attached hydrogens (tertiary/aromatic N) is 3. The van der Waals surface area contributed by atoms with E-state index in [4.69, 9.17) is 4.98 Å². The van der Waals surface area contributed by atoms with Crippen LogP contribution in [-0.2, 0) is 4.79 Å². The second-order valence-corrected chi connectivity index (χ2v) is 9.34. The smallest absolute Gasteiger partial charge is 0.243 e. The van der Waals surface area contributed by atoms with Crippen LogP contribution < -0.4 is 5.32 Å². The highest BCUT2D eigenvalue weighted by molar-refractivity contribution is 5.87. The molecule has 1 amide bonds. The zero-order valence-corrected chi connectivity index (χ0v) is 18.5. The summed E-state index contributed by atoms with van der Waals surface area (Å²) in [5.41, 5.74) is 2.06. The van der Waals surface area contributed by atoms with Gasteiger partial charge in [-0.15, -0.1) is 0 Å². The summed E-state index contributed by atoms with van der Waals surface area (Å²) in [6.45, 7) is 0. The van der Waals surface area contributed by atoms with E-state index in [1.807, 2.05) is 22.8 Å². The van der Waals surface area contributed by atoms with Crippen molar-refractivity contribution in [3.05, 3.63) is 48.4 Å². The van der Waals surface area contributed by atoms with E-state index in [1.54, 1.807) is 12.3 Å². The fraction of sp³-hybridized carbons (Fsp3) is 0.500. The van der Waals surface area contributed by atoms with Crippen molar-refractivity contribution < 1.29 is 9.18 Å². The number of aromatic nitrogens is 3. The molecule has 5 nitrogen and oxygen atoms in total. The van der Waals surface area contributed by atoms with E-state index in [1.165, 1.54) is 25.0 Å². The summed E-state index contributed by atoms with van der Waals surface area (Å²) in [6, 6.07) is 10.1. The Kier molecular flexibility index (Phi) is 6.19. The molecule has 2 saturated carbocycles. The average molecular weight is 435 g/mol. The van der Waals surface area contributed by atoms with Crippen molar-refractivity contribution >= 4 is 16.9 Å². The van der Waals surface area contributed by atoms with E-state index in [0.717, 1.165) is 51.4 Å². The van der Waals surface area contributed by atoms with Crippen LogP contribution in [0.1, 0.15) is 70.3 Å². The Hall–Kier alpha value is -2.76. The maximum Gasteiger partial charge on any atom is 0.243 e. The molecule has 168 valence electrons. The number of fused-ring (bicyclic) bond motifs is 1. The fourth-order valence-electron chi connectivity index (χ4n) is 5.55. The highest BCUT2D eigenvalue weighted by Crippen LogP contribution is 2.38. The molecule has 2 fully saturated rings. The van der Waals surface area contributed by atoms with Gasteiger partial charge in [0.05, 0.1) is 11.0 Å². The molecule has 5 rings (SSSR count). The van der Waals surface area contributed by atoms with E-state index in [2.05, 4.69) is 10.3 Å². The van der Waals surface area contributed by atoms with Gasteiger partial charge in [0.15, 0.2) is 5.82 Å². The maximum atomic E-state index is 14.4. The zero-order chi connectivity index (χ0) is 21.9. The van der Waals surface area contributed by atoms with E-state index < -0.39 is 6.04 Å². The first-order valence-corrected chi connectivity index (χ1v) is 12.1. The van der Waals surface area contributed by atoms with Crippen molar-refractivity contribution in [2.75, 3.05) is 0 Å². The number of carbonyl (C=O) groups is 1. The number of pyridine rings is 1. The van der Waals surface area contributed by atoms with E-state index in [0.29, 0.717) is 22.6 Å². The van der Waals surface area contributed by atoms with E-state index >= 15 is 0 Å². The molecule has 2 aromatic heterocycles. The van der Waals surface area contributed by atoms with Gasteiger partial charge >= 0.3 is 0 Å². The van der Waals surface area contributed by atoms with Crippen LogP contribution in [0.2, 0.25) is 0 Å². The van der Waals surface area contributed by atoms with Crippen molar-refractivity contribution in [3.8, 4) is 11.5 Å². The fourth-order valence-corrected chi connectivity index (χ4v) is 5.55. The quantitative estimate of drug-likeness (QED) is 0.551. The normalized spacial score (nSPS) is 19.2. The van der Waals surface area contributed by atoms with Gasteiger partial charge in [-0.2, -0.15) is 0 Å². The molecule has 32 heavy (non-hydrogen) atoms. The van der Waals surface area contributed by atoms with Crippen LogP contribution in [0.3, 0.4) is 0 Å². The first-order valence-electron chi connectivity index (χ1n) is 12.1. The molecular formula is C26H31FN4O. The number of carbonyl (C=O) groups excluding carboxylic acids is 1. The summed E-state index contributed by atoms with van der Waals surface area (Å²) >= 11 is 0. The molecule has 0 radical (unpaired) electrons.